The van der Waals surface area contributed by atoms with E-state index in [1.807, 2.05) is 34.0 Å². The molecule has 1 aliphatic heterocycles. The Kier molecular flexibility index (Phi) is 5.18. The molecule has 2 amide bonds. The van der Waals surface area contributed by atoms with E-state index in [1.165, 1.54) is 5.56 Å². The number of halogens is 1. The molecule has 6 heteroatoms. The second-order valence-corrected chi connectivity index (χ2v) is 6.25. The Bertz CT molecular complexity index is 619. The monoisotopic (exact) mass is 332 g/mol. The van der Waals surface area contributed by atoms with Crippen molar-refractivity contribution >= 4 is 17.6 Å². The second kappa shape index (κ2) is 7.51. The fourth-order valence-corrected chi connectivity index (χ4v) is 3.10. The molecule has 1 saturated heterocycles. The topological polar surface area (TPSA) is 50.2 Å². The van der Waals surface area contributed by atoms with E-state index in [1.54, 1.807) is 6.20 Å². The lowest BCUT2D eigenvalue weighted by atomic mass is 9.90. The summed E-state index contributed by atoms with van der Waals surface area (Å²) in [5.74, 6) is 0.514. The molecule has 2 aromatic rings. The zero-order chi connectivity index (χ0) is 16.1. The Morgan fingerprint density at radius 3 is 2.65 bits per heavy atom. The number of hydrogen-bond donors (Lipinski definition) is 1. The number of hydrogen-bond acceptors (Lipinski definition) is 2. The number of aromatic nitrogens is 2. The molecule has 0 bridgehead atoms. The molecule has 0 radical (unpaired) electrons. The largest absolute Gasteiger partial charge is 0.336 e. The second-order valence-electron chi connectivity index (χ2n) is 5.81. The minimum absolute atomic E-state index is 0.0201. The van der Waals surface area contributed by atoms with Crippen LogP contribution in [-0.4, -0.2) is 40.3 Å². The molecular formula is C17H21ClN4O. The van der Waals surface area contributed by atoms with Crippen LogP contribution in [0.4, 0.5) is 4.79 Å². The average Bonchev–Trinajstić information content (AvgIpc) is 3.09. The van der Waals surface area contributed by atoms with Crippen LogP contribution in [0.5, 0.6) is 0 Å². The van der Waals surface area contributed by atoms with Crippen molar-refractivity contribution in [3.8, 4) is 0 Å². The molecule has 1 N–H and O–H groups in total. The first-order valence-corrected chi connectivity index (χ1v) is 8.36. The average molecular weight is 333 g/mol. The molecule has 1 aliphatic rings. The summed E-state index contributed by atoms with van der Waals surface area (Å²) in [4.78, 5) is 14.1. The van der Waals surface area contributed by atoms with Crippen molar-refractivity contribution in [1.82, 2.24) is 20.0 Å². The van der Waals surface area contributed by atoms with E-state index < -0.39 is 0 Å². The van der Waals surface area contributed by atoms with E-state index >= 15 is 0 Å². The predicted octanol–water partition coefficient (Wildman–Crippen LogP) is 3.13. The number of rotatable bonds is 4. The number of benzene rings is 1. The summed E-state index contributed by atoms with van der Waals surface area (Å²) in [6.07, 6.45) is 5.62. The molecule has 0 saturated carbocycles. The molecule has 3 rings (SSSR count). The minimum atomic E-state index is 0.0201. The Labute approximate surface area is 141 Å². The van der Waals surface area contributed by atoms with Crippen LogP contribution < -0.4 is 5.32 Å². The van der Waals surface area contributed by atoms with Gasteiger partial charge >= 0.3 is 6.03 Å². The van der Waals surface area contributed by atoms with Crippen molar-refractivity contribution in [2.75, 3.05) is 19.6 Å². The summed E-state index contributed by atoms with van der Waals surface area (Å²) in [7, 11) is 0. The molecule has 122 valence electrons. The quantitative estimate of drug-likeness (QED) is 0.935. The Morgan fingerprint density at radius 1 is 1.26 bits per heavy atom. The standard InChI is InChI=1S/C17H21ClN4O/c18-16-4-2-14(3-5-16)15-6-11-21(12-7-15)17(23)19-9-13-22-10-1-8-20-22/h1-5,8,10,15H,6-7,9,11-13H2,(H,19,23). The lowest BCUT2D eigenvalue weighted by Crippen LogP contribution is -2.44. The van der Waals surface area contributed by atoms with Crippen molar-refractivity contribution in [3.63, 3.8) is 0 Å². The highest BCUT2D eigenvalue weighted by Crippen LogP contribution is 2.28. The van der Waals surface area contributed by atoms with Gasteiger partial charge in [0.2, 0.25) is 0 Å². The van der Waals surface area contributed by atoms with Crippen molar-refractivity contribution in [1.29, 1.82) is 0 Å². The molecule has 0 atom stereocenters. The smallest absolute Gasteiger partial charge is 0.317 e. The van der Waals surface area contributed by atoms with Gasteiger partial charge in [0.1, 0.15) is 0 Å². The molecule has 2 heterocycles. The lowest BCUT2D eigenvalue weighted by Gasteiger charge is -2.32. The first-order valence-electron chi connectivity index (χ1n) is 7.98. The van der Waals surface area contributed by atoms with Crippen LogP contribution in [-0.2, 0) is 6.54 Å². The fraction of sp³-hybridized carbons (Fsp3) is 0.412. The van der Waals surface area contributed by atoms with Crippen LogP contribution in [0.15, 0.2) is 42.7 Å². The molecule has 1 aromatic carbocycles. The maximum atomic E-state index is 12.2. The van der Waals surface area contributed by atoms with Gasteiger partial charge < -0.3 is 10.2 Å². The van der Waals surface area contributed by atoms with Gasteiger partial charge in [-0.3, -0.25) is 4.68 Å². The van der Waals surface area contributed by atoms with Crippen LogP contribution in [0, 0.1) is 0 Å². The first kappa shape index (κ1) is 15.9. The van der Waals surface area contributed by atoms with Crippen molar-refractivity contribution < 1.29 is 4.79 Å². The van der Waals surface area contributed by atoms with E-state index in [9.17, 15) is 4.79 Å². The third-order valence-corrected chi connectivity index (χ3v) is 4.55. The van der Waals surface area contributed by atoms with Crippen LogP contribution in [0.1, 0.15) is 24.3 Å². The molecule has 0 aliphatic carbocycles. The summed E-state index contributed by atoms with van der Waals surface area (Å²) in [5.41, 5.74) is 1.31. The molecular weight excluding hydrogens is 312 g/mol. The highest BCUT2D eigenvalue weighted by atomic mass is 35.5. The number of nitrogens with one attached hydrogen (secondary N) is 1. The van der Waals surface area contributed by atoms with E-state index in [0.717, 1.165) is 31.0 Å². The van der Waals surface area contributed by atoms with Crippen LogP contribution >= 0.6 is 11.6 Å². The van der Waals surface area contributed by atoms with Crippen molar-refractivity contribution in [2.45, 2.75) is 25.3 Å². The Morgan fingerprint density at radius 2 is 2.00 bits per heavy atom. The van der Waals surface area contributed by atoms with Gasteiger partial charge in [0.15, 0.2) is 0 Å². The minimum Gasteiger partial charge on any atom is -0.336 e. The summed E-state index contributed by atoms with van der Waals surface area (Å²) in [6.45, 7) is 2.87. The number of piperidine rings is 1. The predicted molar refractivity (Wildman–Crippen MR) is 90.6 cm³/mol. The summed E-state index contributed by atoms with van der Waals surface area (Å²) in [5, 5.41) is 7.85. The third-order valence-electron chi connectivity index (χ3n) is 4.30. The van der Waals surface area contributed by atoms with Gasteiger partial charge in [0.25, 0.3) is 0 Å². The third kappa shape index (κ3) is 4.26. The van der Waals surface area contributed by atoms with Crippen LogP contribution in [0.25, 0.3) is 0 Å². The van der Waals surface area contributed by atoms with Crippen molar-refractivity contribution in [3.05, 3.63) is 53.3 Å². The van der Waals surface area contributed by atoms with Gasteiger partial charge in [-0.25, -0.2) is 4.79 Å². The van der Waals surface area contributed by atoms with E-state index in [4.69, 9.17) is 11.6 Å². The summed E-state index contributed by atoms with van der Waals surface area (Å²) in [6, 6.07) is 9.95. The van der Waals surface area contributed by atoms with Gasteiger partial charge in [-0.2, -0.15) is 5.10 Å². The number of nitrogens with zero attached hydrogens (tertiary/aromatic N) is 3. The van der Waals surface area contributed by atoms with E-state index in [2.05, 4.69) is 22.5 Å². The van der Waals surface area contributed by atoms with Gasteiger partial charge in [-0.05, 0) is 42.5 Å². The van der Waals surface area contributed by atoms with Gasteiger partial charge in [0.05, 0.1) is 6.54 Å². The van der Waals surface area contributed by atoms with Crippen LogP contribution in [0.3, 0.4) is 0 Å². The number of amides is 2. The molecule has 1 aromatic heterocycles. The Hall–Kier alpha value is -2.01. The number of likely N-dealkylation sites (tertiary alicyclic amines) is 1. The van der Waals surface area contributed by atoms with Gasteiger partial charge in [-0.15, -0.1) is 0 Å². The van der Waals surface area contributed by atoms with E-state index in [-0.39, 0.29) is 6.03 Å². The lowest BCUT2D eigenvalue weighted by molar-refractivity contribution is 0.181. The molecule has 0 unspecified atom stereocenters. The number of carbonyl (C=O) groups excluding carboxylic acids is 1. The summed E-state index contributed by atoms with van der Waals surface area (Å²) >= 11 is 5.93. The fourth-order valence-electron chi connectivity index (χ4n) is 2.97. The van der Waals surface area contributed by atoms with Crippen LogP contribution in [0.2, 0.25) is 5.02 Å². The zero-order valence-corrected chi connectivity index (χ0v) is 13.7. The van der Waals surface area contributed by atoms with Crippen molar-refractivity contribution in [2.24, 2.45) is 0 Å². The normalized spacial score (nSPS) is 15.6. The molecule has 1 fully saturated rings. The van der Waals surface area contributed by atoms with Gasteiger partial charge in [-0.1, -0.05) is 23.7 Å². The van der Waals surface area contributed by atoms with E-state index in [0.29, 0.717) is 19.0 Å². The molecule has 5 nitrogen and oxygen atoms in total. The summed E-state index contributed by atoms with van der Waals surface area (Å²) < 4.78 is 1.81. The highest BCUT2D eigenvalue weighted by Gasteiger charge is 2.23. The number of carbonyl (C=O) groups is 1. The van der Waals surface area contributed by atoms with Gasteiger partial charge in [0, 0.05) is 37.1 Å². The molecule has 23 heavy (non-hydrogen) atoms. The zero-order valence-electron chi connectivity index (χ0n) is 13.0. The molecule has 0 spiro atoms. The SMILES string of the molecule is O=C(NCCn1cccn1)N1CCC(c2ccc(Cl)cc2)CC1. The maximum Gasteiger partial charge on any atom is 0.317 e. The highest BCUT2D eigenvalue weighted by molar-refractivity contribution is 6.30. The first-order chi connectivity index (χ1) is 11.2. The Balaban J connectivity index is 1.43. The maximum absolute atomic E-state index is 12.2. The number of urea groups is 1.